The highest BCUT2D eigenvalue weighted by molar-refractivity contribution is 7.09. The maximum Gasteiger partial charge on any atom is 0.341 e. The van der Waals surface area contributed by atoms with Crippen LogP contribution in [0.2, 0.25) is 0 Å². The number of aryl methyl sites for hydroxylation is 1. The van der Waals surface area contributed by atoms with Gasteiger partial charge in [0.05, 0.1) is 36.7 Å². The number of nitrogen functional groups attached to an aromatic ring is 1. The summed E-state index contributed by atoms with van der Waals surface area (Å²) >= 11 is 1.57. The van der Waals surface area contributed by atoms with Crippen molar-refractivity contribution in [1.82, 2.24) is 9.97 Å². The topological polar surface area (TPSA) is 81.3 Å². The summed E-state index contributed by atoms with van der Waals surface area (Å²) < 4.78 is 4.77. The maximum absolute atomic E-state index is 11.8. The van der Waals surface area contributed by atoms with Crippen molar-refractivity contribution in [2.45, 2.75) is 13.5 Å². The monoisotopic (exact) mass is 292 g/mol. The van der Waals surface area contributed by atoms with Crippen molar-refractivity contribution in [1.29, 1.82) is 0 Å². The summed E-state index contributed by atoms with van der Waals surface area (Å²) in [5, 5.41) is 0. The van der Waals surface area contributed by atoms with E-state index in [1.807, 2.05) is 18.9 Å². The van der Waals surface area contributed by atoms with E-state index in [1.165, 1.54) is 13.3 Å². The molecule has 0 saturated heterocycles. The molecule has 0 amide bonds. The van der Waals surface area contributed by atoms with E-state index in [0.717, 1.165) is 10.6 Å². The van der Waals surface area contributed by atoms with E-state index < -0.39 is 5.97 Å². The highest BCUT2D eigenvalue weighted by Gasteiger charge is 2.18. The summed E-state index contributed by atoms with van der Waals surface area (Å²) in [5.74, 6) is 0.0894. The first-order valence-electron chi connectivity index (χ1n) is 5.97. The number of nitrogens with zero attached hydrogens (tertiary/aromatic N) is 3. The Morgan fingerprint density at radius 2 is 2.25 bits per heavy atom. The molecule has 2 aromatic heterocycles. The van der Waals surface area contributed by atoms with Crippen LogP contribution in [0.15, 0.2) is 17.8 Å². The summed E-state index contributed by atoms with van der Waals surface area (Å²) in [6.45, 7) is 2.58. The molecule has 0 aromatic carbocycles. The van der Waals surface area contributed by atoms with Crippen molar-refractivity contribution >= 4 is 28.8 Å². The zero-order valence-electron chi connectivity index (χ0n) is 11.6. The van der Waals surface area contributed by atoms with Crippen LogP contribution in [0, 0.1) is 6.92 Å². The second-order valence-corrected chi connectivity index (χ2v) is 5.29. The van der Waals surface area contributed by atoms with Crippen molar-refractivity contribution < 1.29 is 9.53 Å². The second kappa shape index (κ2) is 5.87. The lowest BCUT2D eigenvalue weighted by Crippen LogP contribution is -2.21. The van der Waals surface area contributed by atoms with Gasteiger partial charge in [-0.25, -0.2) is 14.8 Å². The van der Waals surface area contributed by atoms with E-state index in [9.17, 15) is 4.79 Å². The Bertz CT molecular complexity index is 627. The number of hydrogen-bond donors (Lipinski definition) is 1. The third-order valence-corrected chi connectivity index (χ3v) is 3.80. The Morgan fingerprint density at radius 1 is 1.50 bits per heavy atom. The zero-order valence-corrected chi connectivity index (χ0v) is 12.4. The van der Waals surface area contributed by atoms with Crippen LogP contribution < -0.4 is 10.6 Å². The number of thiazole rings is 1. The molecule has 2 aromatic rings. The zero-order chi connectivity index (χ0) is 14.7. The Labute approximate surface area is 121 Å². The highest BCUT2D eigenvalue weighted by atomic mass is 32.1. The van der Waals surface area contributed by atoms with Crippen molar-refractivity contribution in [2.24, 2.45) is 0 Å². The smallest absolute Gasteiger partial charge is 0.341 e. The molecule has 6 nitrogen and oxygen atoms in total. The van der Waals surface area contributed by atoms with Crippen LogP contribution in [0.25, 0.3) is 0 Å². The Morgan fingerprint density at radius 3 is 2.85 bits per heavy atom. The lowest BCUT2D eigenvalue weighted by atomic mass is 10.2. The molecule has 0 radical (unpaired) electrons. The molecule has 2 N–H and O–H groups in total. The highest BCUT2D eigenvalue weighted by Crippen LogP contribution is 2.23. The number of nitrogens with two attached hydrogens (primary N) is 1. The van der Waals surface area contributed by atoms with E-state index in [2.05, 4.69) is 9.97 Å². The van der Waals surface area contributed by atoms with Crippen LogP contribution in [0.5, 0.6) is 0 Å². The number of hydrogen-bond acceptors (Lipinski definition) is 7. The number of esters is 1. The van der Waals surface area contributed by atoms with Gasteiger partial charge < -0.3 is 15.4 Å². The first-order chi connectivity index (χ1) is 9.52. The number of carbonyl (C=O) groups excluding carboxylic acids is 1. The number of carbonyl (C=O) groups is 1. The molecule has 0 saturated carbocycles. The van der Waals surface area contributed by atoms with Crippen molar-refractivity contribution in [3.05, 3.63) is 33.9 Å². The largest absolute Gasteiger partial charge is 0.465 e. The minimum atomic E-state index is -0.451. The summed E-state index contributed by atoms with van der Waals surface area (Å²) in [6, 6.07) is 1.57. The molecule has 106 valence electrons. The molecule has 20 heavy (non-hydrogen) atoms. The normalized spacial score (nSPS) is 10.3. The molecule has 0 spiro atoms. The number of pyridine rings is 1. The minimum absolute atomic E-state index is 0.358. The second-order valence-electron chi connectivity index (χ2n) is 4.35. The van der Waals surface area contributed by atoms with Crippen LogP contribution in [0.1, 0.15) is 20.9 Å². The summed E-state index contributed by atoms with van der Waals surface area (Å²) in [7, 11) is 3.20. The quantitative estimate of drug-likeness (QED) is 0.866. The predicted octanol–water partition coefficient (Wildman–Crippen LogP) is 1.85. The molecular weight excluding hydrogens is 276 g/mol. The van der Waals surface area contributed by atoms with Gasteiger partial charge in [-0.15, -0.1) is 11.3 Å². The standard InChI is InChI=1S/C13H16N4O2S/c1-8-11(20-7-16-8)6-17(2)12-10(13(18)19-3)4-9(14)5-15-12/h4-5,7H,6,14H2,1-3H3. The van der Waals surface area contributed by atoms with Gasteiger partial charge in [-0.05, 0) is 13.0 Å². The van der Waals surface area contributed by atoms with Crippen LogP contribution in [-0.2, 0) is 11.3 Å². The molecule has 0 aliphatic rings. The average molecular weight is 292 g/mol. The van der Waals surface area contributed by atoms with E-state index in [1.54, 1.807) is 22.9 Å². The molecular formula is C13H16N4O2S. The predicted molar refractivity (Wildman–Crippen MR) is 78.9 cm³/mol. The molecule has 0 atom stereocenters. The third kappa shape index (κ3) is 2.88. The first kappa shape index (κ1) is 14.3. The van der Waals surface area contributed by atoms with Gasteiger partial charge in [-0.2, -0.15) is 0 Å². The van der Waals surface area contributed by atoms with Crippen LogP contribution in [0.4, 0.5) is 11.5 Å². The van der Waals surface area contributed by atoms with Crippen LogP contribution in [-0.4, -0.2) is 30.1 Å². The number of rotatable bonds is 4. The van der Waals surface area contributed by atoms with Crippen molar-refractivity contribution in [2.75, 3.05) is 24.8 Å². The van der Waals surface area contributed by atoms with Gasteiger partial charge in [0.1, 0.15) is 11.4 Å². The molecule has 0 aliphatic carbocycles. The van der Waals surface area contributed by atoms with E-state index in [-0.39, 0.29) is 0 Å². The molecule has 2 heterocycles. The average Bonchev–Trinajstić information content (AvgIpc) is 2.83. The van der Waals surface area contributed by atoms with Gasteiger partial charge in [0, 0.05) is 11.9 Å². The van der Waals surface area contributed by atoms with Gasteiger partial charge in [0.15, 0.2) is 0 Å². The van der Waals surface area contributed by atoms with E-state index in [4.69, 9.17) is 10.5 Å². The van der Waals surface area contributed by atoms with E-state index >= 15 is 0 Å². The third-order valence-electron chi connectivity index (χ3n) is 2.88. The maximum atomic E-state index is 11.8. The van der Waals surface area contributed by atoms with Crippen molar-refractivity contribution in [3.63, 3.8) is 0 Å². The molecule has 0 bridgehead atoms. The first-order valence-corrected chi connectivity index (χ1v) is 6.84. The fraction of sp³-hybridized carbons (Fsp3) is 0.308. The number of ether oxygens (including phenoxy) is 1. The summed E-state index contributed by atoms with van der Waals surface area (Å²) in [4.78, 5) is 23.3. The van der Waals surface area contributed by atoms with Crippen LogP contribution in [0.3, 0.4) is 0 Å². The molecule has 0 unspecified atom stereocenters. The van der Waals surface area contributed by atoms with E-state index in [0.29, 0.717) is 23.6 Å². The fourth-order valence-electron chi connectivity index (χ4n) is 1.81. The summed E-state index contributed by atoms with van der Waals surface area (Å²) in [6.07, 6.45) is 1.53. The number of aromatic nitrogens is 2. The lowest BCUT2D eigenvalue weighted by Gasteiger charge is -2.20. The lowest BCUT2D eigenvalue weighted by molar-refractivity contribution is 0.0601. The Kier molecular flexibility index (Phi) is 4.19. The van der Waals surface area contributed by atoms with Gasteiger partial charge >= 0.3 is 5.97 Å². The fourth-order valence-corrected chi connectivity index (χ4v) is 2.64. The number of methoxy groups -OCH3 is 1. The van der Waals surface area contributed by atoms with Gasteiger partial charge in [-0.1, -0.05) is 0 Å². The van der Waals surface area contributed by atoms with Gasteiger partial charge in [-0.3, -0.25) is 0 Å². The molecule has 2 rings (SSSR count). The van der Waals surface area contributed by atoms with Crippen molar-refractivity contribution in [3.8, 4) is 0 Å². The molecule has 0 aliphatic heterocycles. The summed E-state index contributed by atoms with van der Waals surface area (Å²) in [5.41, 5.74) is 9.25. The van der Waals surface area contributed by atoms with Crippen LogP contribution >= 0.6 is 11.3 Å². The van der Waals surface area contributed by atoms with Gasteiger partial charge in [0.2, 0.25) is 0 Å². The Hall–Kier alpha value is -2.15. The minimum Gasteiger partial charge on any atom is -0.465 e. The SMILES string of the molecule is COC(=O)c1cc(N)cnc1N(C)Cc1scnc1C. The molecule has 7 heteroatoms. The molecule has 0 fully saturated rings. The number of anilines is 2. The van der Waals surface area contributed by atoms with Gasteiger partial charge in [0.25, 0.3) is 0 Å². The Balaban J connectivity index is 2.32.